The molecule has 0 spiro atoms. The SMILES string of the molecule is O=C(Nc1ccc(C(=O)O)nc1)NC1CCCOC1. The minimum atomic E-state index is -1.10. The maximum absolute atomic E-state index is 11.7. The summed E-state index contributed by atoms with van der Waals surface area (Å²) in [5.41, 5.74) is 0.380. The highest BCUT2D eigenvalue weighted by Crippen LogP contribution is 2.08. The van der Waals surface area contributed by atoms with E-state index in [0.717, 1.165) is 19.4 Å². The summed E-state index contributed by atoms with van der Waals surface area (Å²) in [5.74, 6) is -1.10. The van der Waals surface area contributed by atoms with Gasteiger partial charge in [-0.2, -0.15) is 0 Å². The topological polar surface area (TPSA) is 101 Å². The molecule has 7 heteroatoms. The van der Waals surface area contributed by atoms with Crippen molar-refractivity contribution in [2.75, 3.05) is 18.5 Å². The summed E-state index contributed by atoms with van der Waals surface area (Å²) >= 11 is 0. The largest absolute Gasteiger partial charge is 0.477 e. The maximum atomic E-state index is 11.7. The molecule has 2 rings (SSSR count). The summed E-state index contributed by atoms with van der Waals surface area (Å²) in [5, 5.41) is 14.1. The predicted octanol–water partition coefficient (Wildman–Crippen LogP) is 1.08. The van der Waals surface area contributed by atoms with Crippen LogP contribution in [-0.4, -0.2) is 41.3 Å². The number of amides is 2. The van der Waals surface area contributed by atoms with Gasteiger partial charge in [0.2, 0.25) is 0 Å². The van der Waals surface area contributed by atoms with Crippen LogP contribution in [0.25, 0.3) is 0 Å². The Bertz CT molecular complexity index is 455. The summed E-state index contributed by atoms with van der Waals surface area (Å²) in [6.45, 7) is 1.25. The maximum Gasteiger partial charge on any atom is 0.354 e. The molecule has 1 aliphatic rings. The molecule has 2 heterocycles. The van der Waals surface area contributed by atoms with Crippen molar-refractivity contribution in [1.29, 1.82) is 0 Å². The van der Waals surface area contributed by atoms with Crippen LogP contribution < -0.4 is 10.6 Å². The third kappa shape index (κ3) is 3.92. The number of hydrogen-bond acceptors (Lipinski definition) is 4. The van der Waals surface area contributed by atoms with Crippen LogP contribution in [0.3, 0.4) is 0 Å². The van der Waals surface area contributed by atoms with Gasteiger partial charge in [0.15, 0.2) is 0 Å². The van der Waals surface area contributed by atoms with Gasteiger partial charge in [-0.1, -0.05) is 0 Å². The van der Waals surface area contributed by atoms with Crippen LogP contribution >= 0.6 is 0 Å². The van der Waals surface area contributed by atoms with Crippen LogP contribution in [0.5, 0.6) is 0 Å². The van der Waals surface area contributed by atoms with Crippen molar-refractivity contribution in [2.24, 2.45) is 0 Å². The molecule has 0 radical (unpaired) electrons. The Morgan fingerprint density at radius 3 is 2.84 bits per heavy atom. The zero-order chi connectivity index (χ0) is 13.7. The monoisotopic (exact) mass is 265 g/mol. The van der Waals surface area contributed by atoms with Crippen LogP contribution in [0.15, 0.2) is 18.3 Å². The van der Waals surface area contributed by atoms with Crippen LogP contribution in [0, 0.1) is 0 Å². The first-order valence-electron chi connectivity index (χ1n) is 6.00. The summed E-state index contributed by atoms with van der Waals surface area (Å²) in [4.78, 5) is 26.0. The van der Waals surface area contributed by atoms with E-state index in [9.17, 15) is 9.59 Å². The number of carbonyl (C=O) groups is 2. The van der Waals surface area contributed by atoms with Crippen molar-refractivity contribution in [1.82, 2.24) is 10.3 Å². The fraction of sp³-hybridized carbons (Fsp3) is 0.417. The molecule has 1 atom stereocenters. The van der Waals surface area contributed by atoms with E-state index < -0.39 is 5.97 Å². The van der Waals surface area contributed by atoms with E-state index in [1.54, 1.807) is 0 Å². The molecule has 0 aliphatic carbocycles. The fourth-order valence-corrected chi connectivity index (χ4v) is 1.80. The molecular formula is C12H15N3O4. The average Bonchev–Trinajstić information content (AvgIpc) is 2.40. The lowest BCUT2D eigenvalue weighted by molar-refractivity contribution is 0.0690. The zero-order valence-electron chi connectivity index (χ0n) is 10.3. The Hall–Kier alpha value is -2.15. The quantitative estimate of drug-likeness (QED) is 0.759. The molecule has 7 nitrogen and oxygen atoms in total. The lowest BCUT2D eigenvalue weighted by Crippen LogP contribution is -2.42. The number of pyridine rings is 1. The standard InChI is InChI=1S/C12H15N3O4/c16-11(17)10-4-3-8(6-13-10)14-12(18)15-9-2-1-5-19-7-9/h3-4,6,9H,1-2,5,7H2,(H,16,17)(H2,14,15,18). The Balaban J connectivity index is 1.85. The van der Waals surface area contributed by atoms with Gasteiger partial charge in [-0.25, -0.2) is 14.6 Å². The minimum absolute atomic E-state index is 0.0139. The molecule has 1 unspecified atom stereocenters. The third-order valence-electron chi connectivity index (χ3n) is 2.74. The van der Waals surface area contributed by atoms with Crippen molar-refractivity contribution in [3.05, 3.63) is 24.0 Å². The second-order valence-electron chi connectivity index (χ2n) is 4.25. The highest BCUT2D eigenvalue weighted by atomic mass is 16.5. The number of ether oxygens (including phenoxy) is 1. The Morgan fingerprint density at radius 1 is 1.42 bits per heavy atom. The summed E-state index contributed by atoms with van der Waals surface area (Å²) in [6, 6.07) is 2.50. The number of anilines is 1. The Kier molecular flexibility index (Phi) is 4.30. The summed E-state index contributed by atoms with van der Waals surface area (Å²) in [7, 11) is 0. The van der Waals surface area contributed by atoms with E-state index in [2.05, 4.69) is 15.6 Å². The van der Waals surface area contributed by atoms with Crippen molar-refractivity contribution >= 4 is 17.7 Å². The van der Waals surface area contributed by atoms with E-state index in [-0.39, 0.29) is 17.8 Å². The smallest absolute Gasteiger partial charge is 0.354 e. The Labute approximate surface area is 110 Å². The van der Waals surface area contributed by atoms with Gasteiger partial charge in [0.05, 0.1) is 24.5 Å². The van der Waals surface area contributed by atoms with Gasteiger partial charge in [-0.3, -0.25) is 0 Å². The number of hydrogen-bond donors (Lipinski definition) is 3. The summed E-state index contributed by atoms with van der Waals surface area (Å²) < 4.78 is 5.26. The minimum Gasteiger partial charge on any atom is -0.477 e. The van der Waals surface area contributed by atoms with Gasteiger partial charge in [-0.15, -0.1) is 0 Å². The molecule has 1 saturated heterocycles. The number of rotatable bonds is 3. The van der Waals surface area contributed by atoms with Crippen molar-refractivity contribution in [3.63, 3.8) is 0 Å². The predicted molar refractivity (Wildman–Crippen MR) is 67.2 cm³/mol. The van der Waals surface area contributed by atoms with Gasteiger partial charge < -0.3 is 20.5 Å². The van der Waals surface area contributed by atoms with Crippen molar-refractivity contribution < 1.29 is 19.4 Å². The first-order valence-corrected chi connectivity index (χ1v) is 6.00. The number of nitrogens with zero attached hydrogens (tertiary/aromatic N) is 1. The number of urea groups is 1. The lowest BCUT2D eigenvalue weighted by Gasteiger charge is -2.23. The highest BCUT2D eigenvalue weighted by Gasteiger charge is 2.16. The van der Waals surface area contributed by atoms with Crippen LogP contribution in [-0.2, 0) is 4.74 Å². The van der Waals surface area contributed by atoms with Gasteiger partial charge in [0.25, 0.3) is 0 Å². The zero-order valence-corrected chi connectivity index (χ0v) is 10.3. The molecule has 1 aromatic rings. The van der Waals surface area contributed by atoms with Crippen LogP contribution in [0.2, 0.25) is 0 Å². The van der Waals surface area contributed by atoms with Gasteiger partial charge in [-0.05, 0) is 25.0 Å². The molecule has 2 amide bonds. The van der Waals surface area contributed by atoms with E-state index in [1.807, 2.05) is 0 Å². The second-order valence-corrected chi connectivity index (χ2v) is 4.25. The summed E-state index contributed by atoms with van der Waals surface area (Å²) in [6.07, 6.45) is 3.13. The van der Waals surface area contributed by atoms with E-state index in [4.69, 9.17) is 9.84 Å². The van der Waals surface area contributed by atoms with Crippen molar-refractivity contribution in [3.8, 4) is 0 Å². The molecule has 1 aliphatic heterocycles. The van der Waals surface area contributed by atoms with E-state index >= 15 is 0 Å². The molecule has 0 bridgehead atoms. The van der Waals surface area contributed by atoms with E-state index in [0.29, 0.717) is 12.3 Å². The number of carboxylic acid groups (broad SMARTS) is 1. The molecule has 1 aromatic heterocycles. The number of carboxylic acids is 1. The number of aromatic nitrogens is 1. The second kappa shape index (κ2) is 6.14. The number of aromatic carboxylic acids is 1. The van der Waals surface area contributed by atoms with E-state index in [1.165, 1.54) is 18.3 Å². The van der Waals surface area contributed by atoms with Gasteiger partial charge in [0, 0.05) is 6.61 Å². The molecule has 102 valence electrons. The Morgan fingerprint density at radius 2 is 2.26 bits per heavy atom. The highest BCUT2D eigenvalue weighted by molar-refractivity contribution is 5.90. The van der Waals surface area contributed by atoms with Crippen molar-refractivity contribution in [2.45, 2.75) is 18.9 Å². The molecule has 3 N–H and O–H groups in total. The molecular weight excluding hydrogens is 250 g/mol. The molecule has 1 fully saturated rings. The average molecular weight is 265 g/mol. The molecule has 19 heavy (non-hydrogen) atoms. The third-order valence-corrected chi connectivity index (χ3v) is 2.74. The fourth-order valence-electron chi connectivity index (χ4n) is 1.80. The van der Waals surface area contributed by atoms with Gasteiger partial charge >= 0.3 is 12.0 Å². The molecule has 0 saturated carbocycles. The first kappa shape index (κ1) is 13.3. The molecule has 0 aromatic carbocycles. The van der Waals surface area contributed by atoms with Crippen LogP contribution in [0.4, 0.5) is 10.5 Å². The lowest BCUT2D eigenvalue weighted by atomic mass is 10.1. The van der Waals surface area contributed by atoms with Gasteiger partial charge in [0.1, 0.15) is 5.69 Å². The number of carbonyl (C=O) groups excluding carboxylic acids is 1. The number of nitrogens with one attached hydrogen (secondary N) is 2. The van der Waals surface area contributed by atoms with Crippen LogP contribution in [0.1, 0.15) is 23.3 Å². The first-order chi connectivity index (χ1) is 9.15. The normalized spacial score (nSPS) is 18.6.